The molecule has 1 rings (SSSR count). The summed E-state index contributed by atoms with van der Waals surface area (Å²) in [6.45, 7) is 1.85. The third-order valence-corrected chi connectivity index (χ3v) is 2.56. The van der Waals surface area contributed by atoms with Gasteiger partial charge in [-0.3, -0.25) is 4.98 Å². The Balaban J connectivity index is 3.14. The quantitative estimate of drug-likeness (QED) is 0.492. The van der Waals surface area contributed by atoms with Gasteiger partial charge in [-0.05, 0) is 18.7 Å². The minimum Gasteiger partial charge on any atom is -0.423 e. The van der Waals surface area contributed by atoms with E-state index in [2.05, 4.69) is 4.98 Å². The van der Waals surface area contributed by atoms with Gasteiger partial charge in [0.25, 0.3) is 0 Å². The molecule has 0 aliphatic heterocycles. The maximum Gasteiger partial charge on any atom is 0.490 e. The van der Waals surface area contributed by atoms with Crippen LogP contribution in [-0.4, -0.2) is 28.4 Å². The second-order valence-corrected chi connectivity index (χ2v) is 3.28. The number of rotatable bonds is 2. The van der Waals surface area contributed by atoms with Crippen molar-refractivity contribution in [3.05, 3.63) is 18.0 Å². The zero-order valence-electron chi connectivity index (χ0n) is 6.98. The lowest BCUT2D eigenvalue weighted by Gasteiger charge is -2.06. The molecule has 3 nitrogen and oxygen atoms in total. The predicted octanol–water partition coefficient (Wildman–Crippen LogP) is -0.208. The Morgan fingerprint density at radius 3 is 2.58 bits per heavy atom. The van der Waals surface area contributed by atoms with E-state index in [-0.39, 0.29) is 0 Å². The highest BCUT2D eigenvalue weighted by Crippen LogP contribution is 2.15. The molecule has 0 saturated heterocycles. The van der Waals surface area contributed by atoms with Gasteiger partial charge in [0, 0.05) is 22.8 Å². The molecule has 2 N–H and O–H groups in total. The fourth-order valence-electron chi connectivity index (χ4n) is 0.987. The van der Waals surface area contributed by atoms with Gasteiger partial charge >= 0.3 is 7.12 Å². The van der Waals surface area contributed by atoms with Gasteiger partial charge in [0.2, 0.25) is 0 Å². The van der Waals surface area contributed by atoms with Gasteiger partial charge in [-0.1, -0.05) is 0 Å². The molecule has 1 aromatic rings. The molecule has 0 bridgehead atoms. The molecule has 0 saturated carbocycles. The molecule has 0 unspecified atom stereocenters. The largest absolute Gasteiger partial charge is 0.490 e. The van der Waals surface area contributed by atoms with Crippen molar-refractivity contribution in [3.63, 3.8) is 0 Å². The second-order valence-electron chi connectivity index (χ2n) is 2.43. The number of aromatic nitrogens is 1. The lowest BCUT2D eigenvalue weighted by Crippen LogP contribution is -2.32. The van der Waals surface area contributed by atoms with Crippen molar-refractivity contribution in [1.29, 1.82) is 0 Å². The summed E-state index contributed by atoms with van der Waals surface area (Å²) in [7, 11) is -1.43. The average molecular weight is 183 g/mol. The first-order valence-electron chi connectivity index (χ1n) is 3.51. The lowest BCUT2D eigenvalue weighted by atomic mass is 9.79. The van der Waals surface area contributed by atoms with Gasteiger partial charge in [-0.2, -0.15) is 0 Å². The van der Waals surface area contributed by atoms with Crippen LogP contribution in [0.15, 0.2) is 17.3 Å². The van der Waals surface area contributed by atoms with E-state index >= 15 is 0 Å². The van der Waals surface area contributed by atoms with Crippen LogP contribution in [0.5, 0.6) is 0 Å². The lowest BCUT2D eigenvalue weighted by molar-refractivity contribution is 0.425. The molecule has 1 aromatic heterocycles. The Morgan fingerprint density at radius 1 is 1.42 bits per heavy atom. The van der Waals surface area contributed by atoms with E-state index in [4.69, 9.17) is 10.0 Å². The van der Waals surface area contributed by atoms with Gasteiger partial charge in [0.1, 0.15) is 0 Å². The van der Waals surface area contributed by atoms with Gasteiger partial charge < -0.3 is 10.0 Å². The van der Waals surface area contributed by atoms with E-state index in [1.165, 1.54) is 6.20 Å². The summed E-state index contributed by atoms with van der Waals surface area (Å²) < 4.78 is 0. The summed E-state index contributed by atoms with van der Waals surface area (Å²) in [6.07, 6.45) is 5.11. The molecular formula is C7H10BNO2S. The summed E-state index contributed by atoms with van der Waals surface area (Å²) in [6, 6.07) is 0. The van der Waals surface area contributed by atoms with Crippen molar-refractivity contribution >= 4 is 24.3 Å². The molecule has 0 spiro atoms. The Morgan fingerprint density at radius 2 is 2.08 bits per heavy atom. The molecule has 64 valence electrons. The first kappa shape index (κ1) is 9.57. The van der Waals surface area contributed by atoms with Gasteiger partial charge in [0.15, 0.2) is 0 Å². The minimum absolute atomic E-state index is 0.474. The van der Waals surface area contributed by atoms with Crippen LogP contribution in [0.1, 0.15) is 5.56 Å². The van der Waals surface area contributed by atoms with E-state index in [0.29, 0.717) is 5.46 Å². The molecule has 0 atom stereocenters. The molecule has 1 heterocycles. The zero-order chi connectivity index (χ0) is 9.14. The van der Waals surface area contributed by atoms with Crippen molar-refractivity contribution in [3.8, 4) is 0 Å². The normalized spacial score (nSPS) is 10.0. The molecule has 12 heavy (non-hydrogen) atoms. The van der Waals surface area contributed by atoms with Crippen LogP contribution in [0.3, 0.4) is 0 Å². The molecule has 0 fully saturated rings. The highest BCUT2D eigenvalue weighted by atomic mass is 32.2. The third kappa shape index (κ3) is 1.80. The first-order valence-corrected chi connectivity index (χ1v) is 4.74. The summed E-state index contributed by atoms with van der Waals surface area (Å²) in [5.41, 5.74) is 1.36. The van der Waals surface area contributed by atoms with Crippen LogP contribution >= 0.6 is 11.8 Å². The fourth-order valence-corrected chi connectivity index (χ4v) is 1.58. The predicted molar refractivity (Wildman–Crippen MR) is 50.6 cm³/mol. The average Bonchev–Trinajstić information content (AvgIpc) is 2.04. The van der Waals surface area contributed by atoms with Crippen LogP contribution in [-0.2, 0) is 0 Å². The Bertz CT molecular complexity index is 280. The molecular weight excluding hydrogens is 173 g/mol. The van der Waals surface area contributed by atoms with Gasteiger partial charge in [0.05, 0.1) is 0 Å². The molecule has 5 heteroatoms. The molecule has 0 aliphatic rings. The standard InChI is InChI=1S/C7H10BNO2S/c1-5-6(8(10)11)3-9-4-7(5)12-2/h3-4,10-11H,1-2H3. The van der Waals surface area contributed by atoms with E-state index in [1.807, 2.05) is 13.2 Å². The summed E-state index contributed by atoms with van der Waals surface area (Å²) in [5.74, 6) is 0. The maximum atomic E-state index is 8.93. The maximum absolute atomic E-state index is 8.93. The van der Waals surface area contributed by atoms with Crippen molar-refractivity contribution in [1.82, 2.24) is 4.98 Å². The molecule has 0 amide bonds. The SMILES string of the molecule is CSc1cncc(B(O)O)c1C. The van der Waals surface area contributed by atoms with Crippen molar-refractivity contribution in [2.24, 2.45) is 0 Å². The second kappa shape index (κ2) is 3.93. The Kier molecular flexibility index (Phi) is 3.14. The van der Waals surface area contributed by atoms with Gasteiger partial charge in [-0.15, -0.1) is 11.8 Å². The van der Waals surface area contributed by atoms with E-state index in [0.717, 1.165) is 10.5 Å². The highest BCUT2D eigenvalue weighted by molar-refractivity contribution is 7.98. The smallest absolute Gasteiger partial charge is 0.423 e. The van der Waals surface area contributed by atoms with Crippen LogP contribution in [0, 0.1) is 6.92 Å². The Hall–Kier alpha value is -0.515. The van der Waals surface area contributed by atoms with Crippen molar-refractivity contribution in [2.45, 2.75) is 11.8 Å². The highest BCUT2D eigenvalue weighted by Gasteiger charge is 2.15. The van der Waals surface area contributed by atoms with Crippen LogP contribution < -0.4 is 5.46 Å². The monoisotopic (exact) mass is 183 g/mol. The number of hydrogen-bond donors (Lipinski definition) is 2. The number of nitrogens with zero attached hydrogens (tertiary/aromatic N) is 1. The van der Waals surface area contributed by atoms with Crippen molar-refractivity contribution in [2.75, 3.05) is 6.26 Å². The summed E-state index contributed by atoms with van der Waals surface area (Å²) in [4.78, 5) is 4.87. The van der Waals surface area contributed by atoms with E-state index < -0.39 is 7.12 Å². The minimum atomic E-state index is -1.43. The Labute approximate surface area is 76.0 Å². The van der Waals surface area contributed by atoms with Crippen molar-refractivity contribution < 1.29 is 10.0 Å². The number of thioether (sulfide) groups is 1. The topological polar surface area (TPSA) is 53.4 Å². The summed E-state index contributed by atoms with van der Waals surface area (Å²) >= 11 is 1.54. The summed E-state index contributed by atoms with van der Waals surface area (Å²) in [5, 5.41) is 17.9. The van der Waals surface area contributed by atoms with Crippen LogP contribution in [0.4, 0.5) is 0 Å². The number of pyridine rings is 1. The van der Waals surface area contributed by atoms with E-state index in [9.17, 15) is 0 Å². The molecule has 0 aliphatic carbocycles. The zero-order valence-corrected chi connectivity index (χ0v) is 7.80. The van der Waals surface area contributed by atoms with Crippen LogP contribution in [0.2, 0.25) is 0 Å². The fraction of sp³-hybridized carbons (Fsp3) is 0.286. The molecule has 0 radical (unpaired) electrons. The van der Waals surface area contributed by atoms with Crippen LogP contribution in [0.25, 0.3) is 0 Å². The third-order valence-electron chi connectivity index (χ3n) is 1.71. The van der Waals surface area contributed by atoms with E-state index in [1.54, 1.807) is 18.0 Å². The van der Waals surface area contributed by atoms with Gasteiger partial charge in [-0.25, -0.2) is 0 Å². The molecule has 0 aromatic carbocycles. The number of hydrogen-bond acceptors (Lipinski definition) is 4. The first-order chi connectivity index (χ1) is 5.66.